The minimum atomic E-state index is 0.0426. The molecule has 0 bridgehead atoms. The van der Waals surface area contributed by atoms with E-state index in [2.05, 4.69) is 4.98 Å². The fraction of sp³-hybridized carbons (Fsp3) is 0.579. The van der Waals surface area contributed by atoms with Crippen LogP contribution in [0.2, 0.25) is 0 Å². The van der Waals surface area contributed by atoms with Crippen molar-refractivity contribution < 1.29 is 13.9 Å². The fourth-order valence-electron chi connectivity index (χ4n) is 4.15. The molecule has 0 radical (unpaired) electrons. The third-order valence-electron chi connectivity index (χ3n) is 5.51. The molecule has 5 heteroatoms. The number of likely N-dealkylation sites (tertiary alicyclic amines) is 1. The van der Waals surface area contributed by atoms with E-state index in [-0.39, 0.29) is 5.91 Å². The van der Waals surface area contributed by atoms with Gasteiger partial charge in [0.05, 0.1) is 11.6 Å². The third kappa shape index (κ3) is 3.05. The second-order valence-corrected chi connectivity index (χ2v) is 6.95. The quantitative estimate of drug-likeness (QED) is 0.847. The molecule has 1 unspecified atom stereocenters. The zero-order valence-corrected chi connectivity index (χ0v) is 13.9. The number of rotatable bonds is 2. The van der Waals surface area contributed by atoms with Crippen molar-refractivity contribution in [2.45, 2.75) is 32.1 Å². The predicted molar refractivity (Wildman–Crippen MR) is 90.8 cm³/mol. The van der Waals surface area contributed by atoms with E-state index >= 15 is 0 Å². The van der Waals surface area contributed by atoms with E-state index in [4.69, 9.17) is 9.15 Å². The van der Waals surface area contributed by atoms with Crippen molar-refractivity contribution >= 4 is 16.9 Å². The summed E-state index contributed by atoms with van der Waals surface area (Å²) in [4.78, 5) is 19.5. The number of amides is 1. The molecule has 1 amide bonds. The summed E-state index contributed by atoms with van der Waals surface area (Å²) in [6, 6.07) is 3.64. The molecule has 5 nitrogen and oxygen atoms in total. The van der Waals surface area contributed by atoms with Crippen molar-refractivity contribution in [3.8, 4) is 0 Å². The molecule has 0 saturated carbocycles. The Labute approximate surface area is 142 Å². The fourth-order valence-corrected chi connectivity index (χ4v) is 4.15. The average molecular weight is 328 g/mol. The minimum Gasteiger partial charge on any atom is -0.464 e. The van der Waals surface area contributed by atoms with Crippen LogP contribution in [0.25, 0.3) is 11.0 Å². The van der Waals surface area contributed by atoms with Crippen LogP contribution in [0, 0.1) is 11.8 Å². The van der Waals surface area contributed by atoms with Crippen LogP contribution in [0.1, 0.15) is 42.6 Å². The SMILES string of the molecule is O=C(c1nccc2occc12)N1CCCCC(C2CCOCC2)C1. The van der Waals surface area contributed by atoms with Gasteiger partial charge in [-0.15, -0.1) is 0 Å². The number of furan rings is 1. The van der Waals surface area contributed by atoms with Crippen LogP contribution in [0.3, 0.4) is 0 Å². The van der Waals surface area contributed by atoms with Crippen LogP contribution in [-0.2, 0) is 4.74 Å². The molecule has 0 aromatic carbocycles. The third-order valence-corrected chi connectivity index (χ3v) is 5.51. The molecule has 1 atom stereocenters. The standard InChI is InChI=1S/C19H24N2O3/c22-19(18-16-7-12-24-17(16)4-8-20-18)21-9-2-1-3-15(13-21)14-5-10-23-11-6-14/h4,7-8,12,14-15H,1-3,5-6,9-11,13H2. The summed E-state index contributed by atoms with van der Waals surface area (Å²) in [6.45, 7) is 3.41. The highest BCUT2D eigenvalue weighted by molar-refractivity contribution is 6.03. The Balaban J connectivity index is 1.55. The van der Waals surface area contributed by atoms with E-state index in [1.807, 2.05) is 11.0 Å². The Hall–Kier alpha value is -1.88. The van der Waals surface area contributed by atoms with Crippen molar-refractivity contribution in [3.63, 3.8) is 0 Å². The Kier molecular flexibility index (Phi) is 4.52. The first-order valence-electron chi connectivity index (χ1n) is 9.02. The van der Waals surface area contributed by atoms with Crippen LogP contribution in [0.5, 0.6) is 0 Å². The van der Waals surface area contributed by atoms with Crippen LogP contribution in [0.4, 0.5) is 0 Å². The maximum atomic E-state index is 13.1. The Morgan fingerprint density at radius 2 is 2.00 bits per heavy atom. The van der Waals surface area contributed by atoms with Crippen LogP contribution >= 0.6 is 0 Å². The van der Waals surface area contributed by atoms with Gasteiger partial charge in [-0.25, -0.2) is 0 Å². The smallest absolute Gasteiger partial charge is 0.273 e. The maximum Gasteiger partial charge on any atom is 0.273 e. The lowest BCUT2D eigenvalue weighted by molar-refractivity contribution is 0.0374. The molecular formula is C19H24N2O3. The van der Waals surface area contributed by atoms with Gasteiger partial charge in [0, 0.05) is 32.5 Å². The number of carbonyl (C=O) groups is 1. The summed E-state index contributed by atoms with van der Waals surface area (Å²) in [5.74, 6) is 1.31. The highest BCUT2D eigenvalue weighted by Crippen LogP contribution is 2.31. The van der Waals surface area contributed by atoms with Gasteiger partial charge in [0.15, 0.2) is 0 Å². The van der Waals surface area contributed by atoms with Crippen molar-refractivity contribution in [1.29, 1.82) is 0 Å². The maximum absolute atomic E-state index is 13.1. The topological polar surface area (TPSA) is 55.6 Å². The molecule has 0 N–H and O–H groups in total. The van der Waals surface area contributed by atoms with E-state index in [0.29, 0.717) is 17.5 Å². The molecule has 4 rings (SSSR count). The van der Waals surface area contributed by atoms with Crippen LogP contribution in [0.15, 0.2) is 29.0 Å². The first-order chi connectivity index (χ1) is 11.8. The summed E-state index contributed by atoms with van der Waals surface area (Å²) in [7, 11) is 0. The number of hydrogen-bond acceptors (Lipinski definition) is 4. The number of aromatic nitrogens is 1. The number of fused-ring (bicyclic) bond motifs is 1. The molecule has 0 aliphatic carbocycles. The summed E-state index contributed by atoms with van der Waals surface area (Å²) < 4.78 is 10.9. The molecular weight excluding hydrogens is 304 g/mol. The number of hydrogen-bond donors (Lipinski definition) is 0. The highest BCUT2D eigenvalue weighted by atomic mass is 16.5. The predicted octanol–water partition coefficient (Wildman–Crippen LogP) is 3.50. The van der Waals surface area contributed by atoms with E-state index in [0.717, 1.165) is 56.5 Å². The molecule has 2 fully saturated rings. The molecule has 24 heavy (non-hydrogen) atoms. The van der Waals surface area contributed by atoms with E-state index < -0.39 is 0 Å². The minimum absolute atomic E-state index is 0.0426. The lowest BCUT2D eigenvalue weighted by Crippen LogP contribution is -2.38. The van der Waals surface area contributed by atoms with E-state index in [1.54, 1.807) is 18.5 Å². The molecule has 2 aromatic rings. The second-order valence-electron chi connectivity index (χ2n) is 6.95. The molecule has 0 spiro atoms. The molecule has 2 saturated heterocycles. The largest absolute Gasteiger partial charge is 0.464 e. The van der Waals surface area contributed by atoms with Crippen LogP contribution in [-0.4, -0.2) is 42.1 Å². The van der Waals surface area contributed by atoms with Crippen molar-refractivity contribution in [2.75, 3.05) is 26.3 Å². The molecule has 4 heterocycles. The Morgan fingerprint density at radius 3 is 2.88 bits per heavy atom. The van der Waals surface area contributed by atoms with E-state index in [1.165, 1.54) is 12.8 Å². The molecule has 128 valence electrons. The monoisotopic (exact) mass is 328 g/mol. The molecule has 2 aliphatic heterocycles. The molecule has 2 aromatic heterocycles. The number of pyridine rings is 1. The van der Waals surface area contributed by atoms with Gasteiger partial charge in [0.1, 0.15) is 11.3 Å². The van der Waals surface area contributed by atoms with Crippen molar-refractivity contribution in [2.24, 2.45) is 11.8 Å². The zero-order valence-electron chi connectivity index (χ0n) is 13.9. The van der Waals surface area contributed by atoms with Gasteiger partial charge in [-0.1, -0.05) is 6.42 Å². The lowest BCUT2D eigenvalue weighted by Gasteiger charge is -2.32. The normalized spacial score (nSPS) is 23.3. The summed E-state index contributed by atoms with van der Waals surface area (Å²) in [6.07, 6.45) is 9.04. The van der Waals surface area contributed by atoms with Gasteiger partial charge in [-0.05, 0) is 49.7 Å². The summed E-state index contributed by atoms with van der Waals surface area (Å²) in [5, 5.41) is 0.814. The summed E-state index contributed by atoms with van der Waals surface area (Å²) in [5.41, 5.74) is 1.25. The van der Waals surface area contributed by atoms with Gasteiger partial charge >= 0.3 is 0 Å². The van der Waals surface area contributed by atoms with Gasteiger partial charge in [0.25, 0.3) is 5.91 Å². The highest BCUT2D eigenvalue weighted by Gasteiger charge is 2.30. The van der Waals surface area contributed by atoms with Crippen molar-refractivity contribution in [3.05, 3.63) is 30.3 Å². The second kappa shape index (κ2) is 6.93. The first kappa shape index (κ1) is 15.6. The number of ether oxygens (including phenoxy) is 1. The Bertz CT molecular complexity index is 705. The average Bonchev–Trinajstić information content (AvgIpc) is 2.98. The van der Waals surface area contributed by atoms with Crippen LogP contribution < -0.4 is 0 Å². The van der Waals surface area contributed by atoms with Gasteiger partial charge in [0.2, 0.25) is 0 Å². The Morgan fingerprint density at radius 1 is 1.12 bits per heavy atom. The number of nitrogens with zero attached hydrogens (tertiary/aromatic N) is 2. The lowest BCUT2D eigenvalue weighted by atomic mass is 9.83. The van der Waals surface area contributed by atoms with Gasteiger partial charge < -0.3 is 14.1 Å². The molecule has 2 aliphatic rings. The van der Waals surface area contributed by atoms with Gasteiger partial charge in [-0.2, -0.15) is 0 Å². The summed E-state index contributed by atoms with van der Waals surface area (Å²) >= 11 is 0. The van der Waals surface area contributed by atoms with Crippen molar-refractivity contribution in [1.82, 2.24) is 9.88 Å². The zero-order chi connectivity index (χ0) is 16.4. The van der Waals surface area contributed by atoms with Gasteiger partial charge in [-0.3, -0.25) is 9.78 Å². The number of carbonyl (C=O) groups excluding carboxylic acids is 1. The first-order valence-corrected chi connectivity index (χ1v) is 9.02. The van der Waals surface area contributed by atoms with E-state index in [9.17, 15) is 4.79 Å².